The molecule has 3 rings (SSSR count). The van der Waals surface area contributed by atoms with E-state index in [1.807, 2.05) is 31.2 Å². The maximum atomic E-state index is 13.2. The summed E-state index contributed by atoms with van der Waals surface area (Å²) in [4.78, 5) is 22.6. The predicted molar refractivity (Wildman–Crippen MR) is 124 cm³/mol. The summed E-state index contributed by atoms with van der Waals surface area (Å²) in [6.07, 6.45) is 0. The molecule has 0 radical (unpaired) electrons. The number of carbonyl (C=O) groups excluding carboxylic acids is 1. The quantitative estimate of drug-likeness (QED) is 0.438. The normalized spacial score (nSPS) is 11.3. The van der Waals surface area contributed by atoms with Crippen molar-refractivity contribution in [1.82, 2.24) is 9.88 Å². The molecule has 0 N–H and O–H groups in total. The number of fused-ring (bicyclic) bond motifs is 1. The Hall–Kier alpha value is -2.44. The summed E-state index contributed by atoms with van der Waals surface area (Å²) in [6.45, 7) is 13.0. The molecule has 0 aliphatic carbocycles. The number of methoxy groups -OCH3 is 1. The highest BCUT2D eigenvalue weighted by molar-refractivity contribution is 7.18. The molecule has 2 heterocycles. The summed E-state index contributed by atoms with van der Waals surface area (Å²) in [5.41, 5.74) is 4.38. The Morgan fingerprint density at radius 3 is 2.33 bits per heavy atom. The summed E-state index contributed by atoms with van der Waals surface area (Å²) in [5, 5.41) is 1.04. The van der Waals surface area contributed by atoms with Crippen molar-refractivity contribution in [3.63, 3.8) is 0 Å². The van der Waals surface area contributed by atoms with Crippen LogP contribution >= 0.6 is 11.3 Å². The zero-order valence-corrected chi connectivity index (χ0v) is 19.5. The van der Waals surface area contributed by atoms with Crippen LogP contribution in [0.4, 0.5) is 0 Å². The highest BCUT2D eigenvalue weighted by atomic mass is 32.1. The minimum atomic E-state index is -0.317. The number of pyridine rings is 1. The average Bonchev–Trinajstić information content (AvgIpc) is 3.04. The van der Waals surface area contributed by atoms with Crippen molar-refractivity contribution in [2.75, 3.05) is 26.8 Å². The number of benzene rings is 1. The van der Waals surface area contributed by atoms with Crippen molar-refractivity contribution in [2.24, 2.45) is 0 Å². The lowest BCUT2D eigenvalue weighted by atomic mass is 9.93. The average molecular weight is 427 g/mol. The van der Waals surface area contributed by atoms with Crippen LogP contribution in [0.15, 0.2) is 24.3 Å². The molecule has 0 aliphatic heterocycles. The van der Waals surface area contributed by atoms with Gasteiger partial charge in [0.25, 0.3) is 0 Å². The summed E-state index contributed by atoms with van der Waals surface area (Å²) < 4.78 is 10.8. The Kier molecular flexibility index (Phi) is 7.10. The summed E-state index contributed by atoms with van der Waals surface area (Å²) in [6, 6.07) is 7.86. The first kappa shape index (κ1) is 22.2. The molecule has 2 aromatic heterocycles. The van der Waals surface area contributed by atoms with Crippen molar-refractivity contribution in [1.29, 1.82) is 0 Å². The Labute approximate surface area is 182 Å². The third-order valence-electron chi connectivity index (χ3n) is 5.52. The summed E-state index contributed by atoms with van der Waals surface area (Å²) >= 11 is 1.68. The number of aryl methyl sites for hydroxylation is 2. The minimum Gasteiger partial charge on any atom is -0.497 e. The minimum absolute atomic E-state index is 0.317. The number of rotatable bonds is 8. The van der Waals surface area contributed by atoms with E-state index in [9.17, 15) is 4.79 Å². The van der Waals surface area contributed by atoms with Gasteiger partial charge in [-0.2, -0.15) is 0 Å². The topological polar surface area (TPSA) is 51.7 Å². The molecule has 0 atom stereocenters. The van der Waals surface area contributed by atoms with E-state index in [-0.39, 0.29) is 5.97 Å². The van der Waals surface area contributed by atoms with Crippen LogP contribution in [0.3, 0.4) is 0 Å². The molecule has 160 valence electrons. The fourth-order valence-corrected chi connectivity index (χ4v) is 4.73. The number of carbonyl (C=O) groups is 1. The lowest BCUT2D eigenvalue weighted by Crippen LogP contribution is -2.25. The monoisotopic (exact) mass is 426 g/mol. The molecule has 0 saturated heterocycles. The number of aromatic nitrogens is 1. The molecule has 5 nitrogen and oxygen atoms in total. The van der Waals surface area contributed by atoms with Gasteiger partial charge >= 0.3 is 5.97 Å². The maximum Gasteiger partial charge on any atom is 0.340 e. The van der Waals surface area contributed by atoms with Crippen LogP contribution in [0.2, 0.25) is 0 Å². The van der Waals surface area contributed by atoms with Gasteiger partial charge < -0.3 is 9.47 Å². The van der Waals surface area contributed by atoms with Gasteiger partial charge in [0.15, 0.2) is 0 Å². The van der Waals surface area contributed by atoms with Crippen molar-refractivity contribution in [2.45, 2.75) is 41.2 Å². The van der Waals surface area contributed by atoms with Gasteiger partial charge in [-0.15, -0.1) is 11.3 Å². The van der Waals surface area contributed by atoms with Crippen LogP contribution < -0.4 is 4.74 Å². The molecule has 0 unspecified atom stereocenters. The van der Waals surface area contributed by atoms with Crippen LogP contribution in [0, 0.1) is 13.8 Å². The number of hydrogen-bond acceptors (Lipinski definition) is 6. The van der Waals surface area contributed by atoms with Gasteiger partial charge in [-0.1, -0.05) is 26.0 Å². The van der Waals surface area contributed by atoms with E-state index in [4.69, 9.17) is 14.5 Å². The first-order valence-corrected chi connectivity index (χ1v) is 11.2. The third kappa shape index (κ3) is 4.20. The first-order chi connectivity index (χ1) is 14.4. The molecule has 0 amide bonds. The second-order valence-corrected chi connectivity index (χ2v) is 8.39. The van der Waals surface area contributed by atoms with E-state index in [1.54, 1.807) is 18.4 Å². The number of esters is 1. The number of ether oxygens (including phenoxy) is 2. The van der Waals surface area contributed by atoms with Crippen LogP contribution in [-0.2, 0) is 11.3 Å². The van der Waals surface area contributed by atoms with E-state index < -0.39 is 0 Å². The Bertz CT molecular complexity index is 1040. The van der Waals surface area contributed by atoms with E-state index in [0.29, 0.717) is 18.7 Å². The second-order valence-electron chi connectivity index (χ2n) is 7.18. The molecule has 30 heavy (non-hydrogen) atoms. The zero-order chi connectivity index (χ0) is 21.8. The zero-order valence-electron chi connectivity index (χ0n) is 18.7. The highest BCUT2D eigenvalue weighted by Gasteiger charge is 2.26. The van der Waals surface area contributed by atoms with Crippen molar-refractivity contribution < 1.29 is 14.3 Å². The lowest BCUT2D eigenvalue weighted by Gasteiger charge is -2.21. The van der Waals surface area contributed by atoms with Crippen molar-refractivity contribution >= 4 is 27.5 Å². The molecule has 6 heteroatoms. The molecule has 3 aromatic rings. The van der Waals surface area contributed by atoms with Gasteiger partial charge in [0.05, 0.1) is 25.0 Å². The molecule has 0 fully saturated rings. The van der Waals surface area contributed by atoms with Crippen LogP contribution in [0.5, 0.6) is 5.75 Å². The predicted octanol–water partition coefficient (Wildman–Crippen LogP) is 5.61. The van der Waals surface area contributed by atoms with E-state index in [0.717, 1.165) is 51.4 Å². The van der Waals surface area contributed by atoms with E-state index in [1.165, 1.54) is 4.88 Å². The van der Waals surface area contributed by atoms with Gasteiger partial charge in [-0.3, -0.25) is 4.90 Å². The maximum absolute atomic E-state index is 13.2. The van der Waals surface area contributed by atoms with Gasteiger partial charge in [-0.05, 0) is 57.1 Å². The largest absolute Gasteiger partial charge is 0.497 e. The Morgan fingerprint density at radius 1 is 1.10 bits per heavy atom. The third-order valence-corrected chi connectivity index (χ3v) is 6.62. The molecule has 0 saturated carbocycles. The standard InChI is InChI=1S/C24H30N2O3S/c1-7-26(8-2)14-19-22(24(27)29-9-3)21(17-10-12-18(28-6)13-11-17)20-15(4)16(5)30-23(20)25-19/h10-13H,7-9,14H2,1-6H3. The SMILES string of the molecule is CCOC(=O)c1c(CN(CC)CC)nc2sc(C)c(C)c2c1-c1ccc(OC)cc1. The molecular weight excluding hydrogens is 396 g/mol. The van der Waals surface area contributed by atoms with E-state index >= 15 is 0 Å². The Balaban J connectivity index is 2.37. The van der Waals surface area contributed by atoms with Gasteiger partial charge in [-0.25, -0.2) is 9.78 Å². The number of thiophene rings is 1. The van der Waals surface area contributed by atoms with Crippen LogP contribution in [0.25, 0.3) is 21.3 Å². The molecule has 1 aromatic carbocycles. The van der Waals surface area contributed by atoms with Crippen LogP contribution in [0.1, 0.15) is 47.3 Å². The molecule has 0 bridgehead atoms. The smallest absolute Gasteiger partial charge is 0.340 e. The summed E-state index contributed by atoms with van der Waals surface area (Å²) in [7, 11) is 1.65. The lowest BCUT2D eigenvalue weighted by molar-refractivity contribution is 0.0524. The Morgan fingerprint density at radius 2 is 1.77 bits per heavy atom. The van der Waals surface area contributed by atoms with Gasteiger partial charge in [0.2, 0.25) is 0 Å². The fraction of sp³-hybridized carbons (Fsp3) is 0.417. The number of nitrogens with zero attached hydrogens (tertiary/aromatic N) is 2. The van der Waals surface area contributed by atoms with Gasteiger partial charge in [0, 0.05) is 22.4 Å². The first-order valence-electron chi connectivity index (χ1n) is 10.4. The van der Waals surface area contributed by atoms with Crippen molar-refractivity contribution in [3.8, 4) is 16.9 Å². The highest BCUT2D eigenvalue weighted by Crippen LogP contribution is 2.41. The fourth-order valence-electron chi connectivity index (χ4n) is 3.67. The van der Waals surface area contributed by atoms with Crippen molar-refractivity contribution in [3.05, 3.63) is 46.0 Å². The van der Waals surface area contributed by atoms with E-state index in [2.05, 4.69) is 32.6 Å². The number of hydrogen-bond donors (Lipinski definition) is 0. The van der Waals surface area contributed by atoms with Gasteiger partial charge in [0.1, 0.15) is 10.6 Å². The molecule has 0 aliphatic rings. The molecule has 0 spiro atoms. The molecular formula is C24H30N2O3S. The second kappa shape index (κ2) is 9.58. The van der Waals surface area contributed by atoms with Crippen LogP contribution in [-0.4, -0.2) is 42.7 Å². The summed E-state index contributed by atoms with van der Waals surface area (Å²) in [5.74, 6) is 0.464.